The molecule has 1 amide bonds. The van der Waals surface area contributed by atoms with Crippen molar-refractivity contribution < 1.29 is 13.2 Å². The Hall–Kier alpha value is -2.26. The van der Waals surface area contributed by atoms with E-state index in [1.165, 1.54) is 15.6 Å². The summed E-state index contributed by atoms with van der Waals surface area (Å²) in [6, 6.07) is 14.1. The molecule has 0 N–H and O–H groups in total. The molecule has 0 bridgehead atoms. The Morgan fingerprint density at radius 3 is 2.27 bits per heavy atom. The number of piperazine rings is 1. The van der Waals surface area contributed by atoms with Crippen LogP contribution in [-0.4, -0.2) is 54.7 Å². The van der Waals surface area contributed by atoms with E-state index in [1.807, 2.05) is 19.1 Å². The number of thiazole rings is 1. The van der Waals surface area contributed by atoms with Gasteiger partial charge in [-0.3, -0.25) is 4.79 Å². The molecule has 0 radical (unpaired) electrons. The van der Waals surface area contributed by atoms with Gasteiger partial charge in [-0.05, 0) is 31.2 Å². The van der Waals surface area contributed by atoms with Gasteiger partial charge in [0.2, 0.25) is 10.0 Å². The summed E-state index contributed by atoms with van der Waals surface area (Å²) in [7, 11) is -3.56. The van der Waals surface area contributed by atoms with E-state index in [9.17, 15) is 13.2 Å². The van der Waals surface area contributed by atoms with Crippen LogP contribution in [0.1, 0.15) is 16.1 Å². The summed E-state index contributed by atoms with van der Waals surface area (Å²) in [5, 5.41) is 3.13. The molecule has 0 spiro atoms. The Labute approximate surface area is 184 Å². The Morgan fingerprint density at radius 2 is 1.63 bits per heavy atom. The minimum Gasteiger partial charge on any atom is -0.335 e. The van der Waals surface area contributed by atoms with E-state index in [-0.39, 0.29) is 23.9 Å². The Balaban J connectivity index is 1.42. The van der Waals surface area contributed by atoms with Crippen LogP contribution in [0, 0.1) is 6.92 Å². The molecular formula is C21H20ClN3O3S2. The summed E-state index contributed by atoms with van der Waals surface area (Å²) in [6.07, 6.45) is 0. The zero-order valence-electron chi connectivity index (χ0n) is 16.3. The van der Waals surface area contributed by atoms with Crippen molar-refractivity contribution in [3.63, 3.8) is 0 Å². The lowest BCUT2D eigenvalue weighted by molar-refractivity contribution is 0.0693. The second-order valence-electron chi connectivity index (χ2n) is 7.05. The van der Waals surface area contributed by atoms with Gasteiger partial charge in [0.15, 0.2) is 0 Å². The van der Waals surface area contributed by atoms with Gasteiger partial charge in [0.05, 0.1) is 4.90 Å². The molecule has 156 valence electrons. The highest BCUT2D eigenvalue weighted by molar-refractivity contribution is 7.89. The molecule has 1 aliphatic rings. The zero-order valence-corrected chi connectivity index (χ0v) is 18.7. The van der Waals surface area contributed by atoms with Gasteiger partial charge in [-0.1, -0.05) is 41.4 Å². The van der Waals surface area contributed by atoms with E-state index < -0.39 is 10.0 Å². The van der Waals surface area contributed by atoms with Crippen LogP contribution in [-0.2, 0) is 10.0 Å². The van der Waals surface area contributed by atoms with Gasteiger partial charge < -0.3 is 4.90 Å². The number of carbonyl (C=O) groups is 1. The number of amides is 1. The molecule has 0 aliphatic carbocycles. The molecule has 30 heavy (non-hydrogen) atoms. The lowest BCUT2D eigenvalue weighted by Gasteiger charge is -2.33. The molecule has 3 aromatic rings. The summed E-state index contributed by atoms with van der Waals surface area (Å²) in [5.41, 5.74) is 2.28. The van der Waals surface area contributed by atoms with Crippen molar-refractivity contribution in [1.29, 1.82) is 0 Å². The quantitative estimate of drug-likeness (QED) is 0.590. The van der Waals surface area contributed by atoms with Gasteiger partial charge in [0.1, 0.15) is 10.7 Å². The predicted octanol–water partition coefficient (Wildman–Crippen LogP) is 3.92. The number of aryl methyl sites for hydroxylation is 1. The van der Waals surface area contributed by atoms with Crippen LogP contribution < -0.4 is 0 Å². The number of benzene rings is 2. The molecule has 1 fully saturated rings. The van der Waals surface area contributed by atoms with Gasteiger partial charge in [-0.15, -0.1) is 11.3 Å². The minimum absolute atomic E-state index is 0.182. The van der Waals surface area contributed by atoms with Gasteiger partial charge >= 0.3 is 0 Å². The maximum atomic E-state index is 12.8. The number of hydrogen-bond acceptors (Lipinski definition) is 5. The minimum atomic E-state index is -3.56. The largest absolute Gasteiger partial charge is 0.335 e. The van der Waals surface area contributed by atoms with Gasteiger partial charge in [0.25, 0.3) is 5.91 Å². The SMILES string of the molecule is Cc1ccc(S(=O)(=O)N2CCN(C(=O)c3csc(-c4ccc(Cl)cc4)n3)CC2)cc1. The van der Waals surface area contributed by atoms with Crippen molar-refractivity contribution in [2.45, 2.75) is 11.8 Å². The number of rotatable bonds is 4. The van der Waals surface area contributed by atoms with Crippen molar-refractivity contribution in [3.05, 3.63) is 70.2 Å². The Morgan fingerprint density at radius 1 is 1.00 bits per heavy atom. The maximum absolute atomic E-state index is 12.8. The van der Waals surface area contributed by atoms with Crippen molar-refractivity contribution >= 4 is 38.9 Å². The van der Waals surface area contributed by atoms with Crippen LogP contribution in [0.2, 0.25) is 5.02 Å². The molecule has 9 heteroatoms. The highest BCUT2D eigenvalue weighted by Crippen LogP contribution is 2.26. The molecule has 0 atom stereocenters. The first-order valence-corrected chi connectivity index (χ1v) is 12.1. The van der Waals surface area contributed by atoms with Crippen molar-refractivity contribution in [3.8, 4) is 10.6 Å². The molecule has 1 saturated heterocycles. The fourth-order valence-electron chi connectivity index (χ4n) is 3.25. The normalized spacial score (nSPS) is 15.3. The molecule has 2 heterocycles. The second kappa shape index (κ2) is 8.47. The number of sulfonamides is 1. The van der Waals surface area contributed by atoms with E-state index in [1.54, 1.807) is 46.7 Å². The fraction of sp³-hybridized carbons (Fsp3) is 0.238. The third-order valence-electron chi connectivity index (χ3n) is 5.00. The first-order valence-electron chi connectivity index (χ1n) is 9.42. The first-order chi connectivity index (χ1) is 14.3. The number of carbonyl (C=O) groups excluding carboxylic acids is 1. The highest BCUT2D eigenvalue weighted by atomic mass is 35.5. The van der Waals surface area contributed by atoms with E-state index >= 15 is 0 Å². The van der Waals surface area contributed by atoms with E-state index in [0.717, 1.165) is 16.1 Å². The van der Waals surface area contributed by atoms with Gasteiger partial charge in [-0.25, -0.2) is 13.4 Å². The number of aromatic nitrogens is 1. The zero-order chi connectivity index (χ0) is 21.3. The van der Waals surface area contributed by atoms with E-state index in [4.69, 9.17) is 11.6 Å². The van der Waals surface area contributed by atoms with E-state index in [2.05, 4.69) is 4.98 Å². The van der Waals surface area contributed by atoms with Crippen LogP contribution in [0.25, 0.3) is 10.6 Å². The standard InChI is InChI=1S/C21H20ClN3O3S2/c1-15-2-8-18(9-3-15)30(27,28)25-12-10-24(11-13-25)21(26)19-14-29-20(23-19)16-4-6-17(22)7-5-16/h2-9,14H,10-13H2,1H3. The molecule has 0 unspecified atom stereocenters. The summed E-state index contributed by atoms with van der Waals surface area (Å²) in [4.78, 5) is 19.2. The average molecular weight is 462 g/mol. The summed E-state index contributed by atoms with van der Waals surface area (Å²) >= 11 is 7.32. The molecule has 1 aliphatic heterocycles. The second-order valence-corrected chi connectivity index (χ2v) is 10.3. The monoisotopic (exact) mass is 461 g/mol. The number of halogens is 1. The van der Waals surface area contributed by atoms with Gasteiger partial charge in [0, 0.05) is 42.1 Å². The molecular weight excluding hydrogens is 442 g/mol. The number of hydrogen-bond donors (Lipinski definition) is 0. The van der Waals surface area contributed by atoms with Crippen LogP contribution in [0.5, 0.6) is 0 Å². The molecule has 4 rings (SSSR count). The van der Waals surface area contributed by atoms with E-state index in [0.29, 0.717) is 23.8 Å². The topological polar surface area (TPSA) is 70.6 Å². The fourth-order valence-corrected chi connectivity index (χ4v) is 5.60. The summed E-state index contributed by atoms with van der Waals surface area (Å²) in [5.74, 6) is -0.182. The van der Waals surface area contributed by atoms with Gasteiger partial charge in [-0.2, -0.15) is 4.31 Å². The van der Waals surface area contributed by atoms with Crippen LogP contribution in [0.3, 0.4) is 0 Å². The molecule has 1 aromatic heterocycles. The third kappa shape index (κ3) is 4.27. The maximum Gasteiger partial charge on any atom is 0.273 e. The summed E-state index contributed by atoms with van der Waals surface area (Å²) < 4.78 is 27.1. The molecule has 0 saturated carbocycles. The average Bonchev–Trinajstić information content (AvgIpc) is 3.24. The highest BCUT2D eigenvalue weighted by Gasteiger charge is 2.31. The van der Waals surface area contributed by atoms with Crippen LogP contribution >= 0.6 is 22.9 Å². The smallest absolute Gasteiger partial charge is 0.273 e. The van der Waals surface area contributed by atoms with Crippen molar-refractivity contribution in [2.75, 3.05) is 26.2 Å². The van der Waals surface area contributed by atoms with Crippen molar-refractivity contribution in [1.82, 2.24) is 14.2 Å². The number of nitrogens with zero attached hydrogens (tertiary/aromatic N) is 3. The first kappa shape index (κ1) is 21.0. The summed E-state index contributed by atoms with van der Waals surface area (Å²) in [6.45, 7) is 3.10. The van der Waals surface area contributed by atoms with Crippen molar-refractivity contribution in [2.24, 2.45) is 0 Å². The third-order valence-corrected chi connectivity index (χ3v) is 8.06. The Kier molecular flexibility index (Phi) is 5.92. The van der Waals surface area contributed by atoms with Crippen LogP contribution in [0.15, 0.2) is 58.8 Å². The lowest BCUT2D eigenvalue weighted by atomic mass is 10.2. The predicted molar refractivity (Wildman–Crippen MR) is 118 cm³/mol. The Bertz CT molecular complexity index is 1150. The molecule has 2 aromatic carbocycles. The molecule has 6 nitrogen and oxygen atoms in total. The lowest BCUT2D eigenvalue weighted by Crippen LogP contribution is -2.50. The van der Waals surface area contributed by atoms with Crippen LogP contribution in [0.4, 0.5) is 0 Å².